The van der Waals surface area contributed by atoms with Gasteiger partial charge in [-0.1, -0.05) is 0 Å². The van der Waals surface area contributed by atoms with E-state index < -0.39 is 11.9 Å². The second-order valence-electron chi connectivity index (χ2n) is 4.64. The molecule has 1 spiro atoms. The lowest BCUT2D eigenvalue weighted by atomic mass is 9.79. The van der Waals surface area contributed by atoms with Crippen molar-refractivity contribution in [2.24, 2.45) is 5.41 Å². The van der Waals surface area contributed by atoms with E-state index in [0.29, 0.717) is 13.1 Å². The van der Waals surface area contributed by atoms with Crippen molar-refractivity contribution in [3.8, 4) is 0 Å². The number of hydrogen-bond acceptors (Lipinski definition) is 4. The quantitative estimate of drug-likeness (QED) is 0.394. The molecule has 0 bridgehead atoms. The molecule has 2 rings (SSSR count). The van der Waals surface area contributed by atoms with Gasteiger partial charge in [0.1, 0.15) is 0 Å². The Hall–Kier alpha value is -1.10. The molecule has 2 aliphatic heterocycles. The number of hydrogen-bond donors (Lipinski definition) is 0. The van der Waals surface area contributed by atoms with Gasteiger partial charge in [-0.15, -0.1) is 0 Å². The summed E-state index contributed by atoms with van der Waals surface area (Å²) in [6, 6.07) is 0. The normalized spacial score (nSPS) is 24.0. The number of rotatable bonds is 0. The standard InChI is InChI=1S/C10H16N2O3/c1-11-5-10(6-11)3-4-12(7-10)8(13)9(14)15-2/h3-7H2,1-2H3. The summed E-state index contributed by atoms with van der Waals surface area (Å²) in [6.07, 6.45) is 1.00. The zero-order valence-electron chi connectivity index (χ0n) is 9.15. The number of nitrogens with zero attached hydrogens (tertiary/aromatic N) is 2. The minimum absolute atomic E-state index is 0.248. The van der Waals surface area contributed by atoms with Crippen LogP contribution in [0.2, 0.25) is 0 Å². The lowest BCUT2D eigenvalue weighted by Crippen LogP contribution is -2.56. The van der Waals surface area contributed by atoms with Crippen molar-refractivity contribution in [3.05, 3.63) is 0 Å². The Morgan fingerprint density at radius 3 is 2.47 bits per heavy atom. The van der Waals surface area contributed by atoms with E-state index in [1.54, 1.807) is 4.90 Å². The number of carbonyl (C=O) groups excluding carboxylic acids is 2. The zero-order valence-corrected chi connectivity index (χ0v) is 9.15. The van der Waals surface area contributed by atoms with Crippen LogP contribution in [0.3, 0.4) is 0 Å². The molecule has 5 heteroatoms. The Balaban J connectivity index is 1.93. The zero-order chi connectivity index (χ0) is 11.1. The van der Waals surface area contributed by atoms with Crippen molar-refractivity contribution < 1.29 is 14.3 Å². The monoisotopic (exact) mass is 212 g/mol. The minimum Gasteiger partial charge on any atom is -0.462 e. The third kappa shape index (κ3) is 1.71. The van der Waals surface area contributed by atoms with Gasteiger partial charge >= 0.3 is 11.9 Å². The van der Waals surface area contributed by atoms with E-state index in [1.165, 1.54) is 7.11 Å². The molecule has 0 unspecified atom stereocenters. The van der Waals surface area contributed by atoms with Gasteiger partial charge in [0.2, 0.25) is 0 Å². The van der Waals surface area contributed by atoms with E-state index in [0.717, 1.165) is 19.5 Å². The lowest BCUT2D eigenvalue weighted by molar-refractivity contribution is -0.158. The molecule has 2 saturated heterocycles. The average molecular weight is 212 g/mol. The topological polar surface area (TPSA) is 49.9 Å². The van der Waals surface area contributed by atoms with Gasteiger partial charge in [0.05, 0.1) is 7.11 Å². The second-order valence-corrected chi connectivity index (χ2v) is 4.64. The van der Waals surface area contributed by atoms with Crippen LogP contribution in [-0.4, -0.2) is 62.0 Å². The predicted octanol–water partition coefficient (Wildman–Crippen LogP) is -0.676. The first-order valence-electron chi connectivity index (χ1n) is 5.12. The molecule has 15 heavy (non-hydrogen) atoms. The minimum atomic E-state index is -0.750. The summed E-state index contributed by atoms with van der Waals surface area (Å²) < 4.78 is 4.42. The van der Waals surface area contributed by atoms with Crippen LogP contribution in [0.5, 0.6) is 0 Å². The summed E-state index contributed by atoms with van der Waals surface area (Å²) in [6.45, 7) is 3.43. The number of esters is 1. The fraction of sp³-hybridized carbons (Fsp3) is 0.800. The highest BCUT2D eigenvalue weighted by molar-refractivity contribution is 6.32. The van der Waals surface area contributed by atoms with E-state index in [-0.39, 0.29) is 5.41 Å². The van der Waals surface area contributed by atoms with Gasteiger partial charge in [-0.05, 0) is 13.5 Å². The molecular formula is C10H16N2O3. The average Bonchev–Trinajstić information content (AvgIpc) is 2.60. The van der Waals surface area contributed by atoms with Gasteiger partial charge in [0.15, 0.2) is 0 Å². The second kappa shape index (κ2) is 3.48. The molecule has 0 atom stereocenters. The number of methoxy groups -OCH3 is 1. The number of likely N-dealkylation sites (tertiary alicyclic amines) is 2. The van der Waals surface area contributed by atoms with E-state index in [4.69, 9.17) is 0 Å². The fourth-order valence-electron chi connectivity index (χ4n) is 2.68. The van der Waals surface area contributed by atoms with Crippen molar-refractivity contribution in [2.45, 2.75) is 6.42 Å². The first-order valence-corrected chi connectivity index (χ1v) is 5.12. The van der Waals surface area contributed by atoms with Crippen LogP contribution in [0.25, 0.3) is 0 Å². The predicted molar refractivity (Wildman–Crippen MR) is 53.1 cm³/mol. The Morgan fingerprint density at radius 2 is 1.93 bits per heavy atom. The molecule has 0 aromatic carbocycles. The third-order valence-electron chi connectivity index (χ3n) is 3.30. The van der Waals surface area contributed by atoms with Gasteiger partial charge < -0.3 is 14.5 Å². The number of carbonyl (C=O) groups is 2. The van der Waals surface area contributed by atoms with Crippen LogP contribution in [0.15, 0.2) is 0 Å². The van der Waals surface area contributed by atoms with Crippen molar-refractivity contribution in [1.82, 2.24) is 9.80 Å². The molecule has 0 aromatic rings. The highest BCUT2D eigenvalue weighted by Crippen LogP contribution is 2.38. The van der Waals surface area contributed by atoms with Crippen LogP contribution in [0, 0.1) is 5.41 Å². The maximum absolute atomic E-state index is 11.5. The van der Waals surface area contributed by atoms with Crippen molar-refractivity contribution in [2.75, 3.05) is 40.3 Å². The van der Waals surface area contributed by atoms with Crippen molar-refractivity contribution in [3.63, 3.8) is 0 Å². The van der Waals surface area contributed by atoms with Gasteiger partial charge in [-0.2, -0.15) is 0 Å². The molecular weight excluding hydrogens is 196 g/mol. The first kappa shape index (κ1) is 10.4. The highest BCUT2D eigenvalue weighted by Gasteiger charge is 2.48. The molecule has 0 saturated carbocycles. The fourth-order valence-corrected chi connectivity index (χ4v) is 2.68. The summed E-state index contributed by atoms with van der Waals surface area (Å²) in [4.78, 5) is 26.4. The van der Waals surface area contributed by atoms with Gasteiger partial charge in [0.25, 0.3) is 0 Å². The van der Waals surface area contributed by atoms with E-state index in [9.17, 15) is 9.59 Å². The van der Waals surface area contributed by atoms with Crippen LogP contribution >= 0.6 is 0 Å². The number of amides is 1. The Labute approximate surface area is 89.0 Å². The maximum Gasteiger partial charge on any atom is 0.396 e. The summed E-state index contributed by atoms with van der Waals surface area (Å²) in [5, 5.41) is 0. The SMILES string of the molecule is COC(=O)C(=O)N1CCC2(CN(C)C2)C1. The molecule has 0 N–H and O–H groups in total. The highest BCUT2D eigenvalue weighted by atomic mass is 16.5. The molecule has 2 fully saturated rings. The summed E-state index contributed by atoms with van der Waals surface area (Å²) in [5.41, 5.74) is 0.248. The van der Waals surface area contributed by atoms with E-state index >= 15 is 0 Å². The Bertz CT molecular complexity index is 297. The Kier molecular flexibility index (Phi) is 2.42. The Morgan fingerprint density at radius 1 is 1.27 bits per heavy atom. The molecule has 0 radical (unpaired) electrons. The van der Waals surface area contributed by atoms with Crippen LogP contribution in [0.1, 0.15) is 6.42 Å². The van der Waals surface area contributed by atoms with Crippen LogP contribution < -0.4 is 0 Å². The van der Waals surface area contributed by atoms with Crippen LogP contribution in [0.4, 0.5) is 0 Å². The molecule has 84 valence electrons. The smallest absolute Gasteiger partial charge is 0.396 e. The number of ether oxygens (including phenoxy) is 1. The van der Waals surface area contributed by atoms with Crippen molar-refractivity contribution >= 4 is 11.9 Å². The molecule has 2 aliphatic rings. The molecule has 0 aliphatic carbocycles. The molecule has 1 amide bonds. The van der Waals surface area contributed by atoms with Crippen molar-refractivity contribution in [1.29, 1.82) is 0 Å². The summed E-state index contributed by atoms with van der Waals surface area (Å²) in [5.74, 6) is -1.25. The van der Waals surface area contributed by atoms with Gasteiger partial charge in [-0.3, -0.25) is 4.79 Å². The van der Waals surface area contributed by atoms with Gasteiger partial charge in [0, 0.05) is 31.6 Å². The maximum atomic E-state index is 11.5. The lowest BCUT2D eigenvalue weighted by Gasteiger charge is -2.45. The van der Waals surface area contributed by atoms with E-state index in [2.05, 4.69) is 16.7 Å². The first-order chi connectivity index (χ1) is 7.06. The summed E-state index contributed by atoms with van der Waals surface area (Å²) >= 11 is 0. The largest absolute Gasteiger partial charge is 0.462 e. The van der Waals surface area contributed by atoms with Gasteiger partial charge in [-0.25, -0.2) is 4.79 Å². The molecule has 0 aromatic heterocycles. The van der Waals surface area contributed by atoms with E-state index in [1.807, 2.05) is 0 Å². The van der Waals surface area contributed by atoms with Crippen LogP contribution in [-0.2, 0) is 14.3 Å². The molecule has 2 heterocycles. The molecule has 5 nitrogen and oxygen atoms in total. The summed E-state index contributed by atoms with van der Waals surface area (Å²) in [7, 11) is 3.30. The third-order valence-corrected chi connectivity index (χ3v) is 3.30.